The van der Waals surface area contributed by atoms with Gasteiger partial charge < -0.3 is 13.8 Å². The summed E-state index contributed by atoms with van der Waals surface area (Å²) in [5, 5.41) is 3.61. The molecule has 0 saturated heterocycles. The molecule has 0 atom stereocenters. The maximum absolute atomic E-state index is 7.12. The van der Waals surface area contributed by atoms with Gasteiger partial charge in [-0.25, -0.2) is 0 Å². The largest absolute Gasteiger partial charge is 0.407 e. The number of nitrogens with one attached hydrogen (secondary N) is 1. The summed E-state index contributed by atoms with van der Waals surface area (Å²) in [6, 6.07) is 27.7. The van der Waals surface area contributed by atoms with Crippen LogP contribution in [0.4, 0.5) is 0 Å². The van der Waals surface area contributed by atoms with Crippen molar-refractivity contribution in [1.82, 2.24) is 4.98 Å². The van der Waals surface area contributed by atoms with Crippen LogP contribution in [0.2, 0.25) is 0 Å². The van der Waals surface area contributed by atoms with Crippen LogP contribution in [-0.4, -0.2) is 25.8 Å². The summed E-state index contributed by atoms with van der Waals surface area (Å²) < 4.78 is 16.4. The summed E-state index contributed by atoms with van der Waals surface area (Å²) in [5.41, 5.74) is 2.39. The number of H-pyrrole nitrogens is 1. The zero-order chi connectivity index (χ0) is 24.7. The molecule has 4 aromatic rings. The zero-order valence-corrected chi connectivity index (χ0v) is 25.1. The van der Waals surface area contributed by atoms with E-state index in [1.54, 1.807) is 0 Å². The molecule has 6 heteroatoms. The Morgan fingerprint density at radius 2 is 1.54 bits per heavy atom. The summed E-state index contributed by atoms with van der Waals surface area (Å²) in [6.07, 6.45) is 3.35. The van der Waals surface area contributed by atoms with Crippen LogP contribution < -0.4 is 10.4 Å². The Morgan fingerprint density at radius 1 is 0.943 bits per heavy atom. The van der Waals surface area contributed by atoms with Gasteiger partial charge in [-0.05, 0) is 102 Å². The molecule has 35 heavy (non-hydrogen) atoms. The smallest absolute Gasteiger partial charge is 0.387 e. The molecule has 0 radical (unpaired) electrons. The van der Waals surface area contributed by atoms with Gasteiger partial charge in [0.2, 0.25) is 0 Å². The first-order valence-electron chi connectivity index (χ1n) is 12.1. The molecule has 5 rings (SSSR count). The number of hydrogen-bond donors (Lipinski definition) is 1. The fourth-order valence-electron chi connectivity index (χ4n) is 4.77. The maximum Gasteiger partial charge on any atom is 0.407 e. The highest BCUT2D eigenvalue weighted by molar-refractivity contribution is 14.1. The van der Waals surface area contributed by atoms with E-state index >= 15 is 0 Å². The molecule has 3 aromatic carbocycles. The minimum atomic E-state index is -2.95. The molecule has 0 unspecified atom stereocenters. The third kappa shape index (κ3) is 5.46. The van der Waals surface area contributed by atoms with E-state index in [1.165, 1.54) is 33.0 Å². The van der Waals surface area contributed by atoms with Crippen LogP contribution in [0.1, 0.15) is 39.2 Å². The van der Waals surface area contributed by atoms with E-state index in [-0.39, 0.29) is 11.0 Å². The van der Waals surface area contributed by atoms with Crippen molar-refractivity contribution in [3.8, 4) is 0 Å². The number of benzene rings is 3. The second kappa shape index (κ2) is 9.78. The van der Waals surface area contributed by atoms with E-state index < -0.39 is 8.56 Å². The van der Waals surface area contributed by atoms with Gasteiger partial charge in [0.25, 0.3) is 0 Å². The van der Waals surface area contributed by atoms with Crippen LogP contribution in [0.5, 0.6) is 0 Å². The van der Waals surface area contributed by atoms with Gasteiger partial charge >= 0.3 is 8.56 Å². The van der Waals surface area contributed by atoms with Gasteiger partial charge in [0.05, 0.1) is 9.30 Å². The standard InChI is InChI=1S/C29H31BrINO2Si/c1-28(2,3)34-35(22-10-6-4-7-11-22,23-12-8-5-9-13-23)33-20-29(16-17-29)19-25-24-18-21(30)14-15-26(24)32-27(25)31/h4-15,18,32H,16-17,19-20H2,1-3H3. The highest BCUT2D eigenvalue weighted by Gasteiger charge is 2.51. The molecule has 1 saturated carbocycles. The number of fused-ring (bicyclic) bond motifs is 1. The van der Waals surface area contributed by atoms with E-state index in [0.717, 1.165) is 21.3 Å². The van der Waals surface area contributed by atoms with Crippen molar-refractivity contribution in [2.24, 2.45) is 5.41 Å². The predicted octanol–water partition coefficient (Wildman–Crippen LogP) is 6.95. The molecule has 1 aromatic heterocycles. The normalized spacial score (nSPS) is 15.5. The molecule has 0 aliphatic heterocycles. The van der Waals surface area contributed by atoms with Crippen LogP contribution >= 0.6 is 38.5 Å². The second-order valence-corrected chi connectivity index (χ2v) is 15.5. The first-order valence-corrected chi connectivity index (χ1v) is 15.8. The monoisotopic (exact) mass is 659 g/mol. The number of aromatic amines is 1. The van der Waals surface area contributed by atoms with Crippen molar-refractivity contribution in [1.29, 1.82) is 0 Å². The summed E-state index contributed by atoms with van der Waals surface area (Å²) in [5.74, 6) is 0. The SMILES string of the molecule is CC(C)(C)O[Si](OCC1(Cc2c(I)[nH]c3ccc(Br)cc23)CC1)(c1ccccc1)c1ccccc1. The van der Waals surface area contributed by atoms with Gasteiger partial charge in [-0.2, -0.15) is 0 Å². The number of hydrogen-bond acceptors (Lipinski definition) is 2. The Labute approximate surface area is 231 Å². The fourth-order valence-corrected chi connectivity index (χ4v) is 9.49. The van der Waals surface area contributed by atoms with Gasteiger partial charge in [0.1, 0.15) is 0 Å². The Kier molecular flexibility index (Phi) is 7.04. The Hall–Kier alpha value is -1.45. The molecule has 0 amide bonds. The average molecular weight is 660 g/mol. The Balaban J connectivity index is 1.50. The van der Waals surface area contributed by atoms with E-state index in [0.29, 0.717) is 6.61 Å². The first-order chi connectivity index (χ1) is 16.7. The molecule has 1 heterocycles. The van der Waals surface area contributed by atoms with Gasteiger partial charge in [-0.1, -0.05) is 76.6 Å². The lowest BCUT2D eigenvalue weighted by atomic mass is 9.97. The first kappa shape index (κ1) is 25.2. The molecule has 0 bridgehead atoms. The van der Waals surface area contributed by atoms with Crippen LogP contribution in [0.3, 0.4) is 0 Å². The van der Waals surface area contributed by atoms with Crippen molar-refractivity contribution in [3.63, 3.8) is 0 Å². The molecular formula is C29H31BrINO2Si. The third-order valence-corrected chi connectivity index (χ3v) is 11.7. The van der Waals surface area contributed by atoms with E-state index in [9.17, 15) is 0 Å². The van der Waals surface area contributed by atoms with Crippen LogP contribution in [0.15, 0.2) is 83.3 Å². The summed E-state index contributed by atoms with van der Waals surface area (Å²) >= 11 is 6.10. The lowest BCUT2D eigenvalue weighted by Gasteiger charge is -2.38. The van der Waals surface area contributed by atoms with Crippen LogP contribution in [0, 0.1) is 9.12 Å². The fraction of sp³-hybridized carbons (Fsp3) is 0.310. The maximum atomic E-state index is 7.12. The number of aromatic nitrogens is 1. The van der Waals surface area contributed by atoms with Crippen LogP contribution in [-0.2, 0) is 15.3 Å². The van der Waals surface area contributed by atoms with Gasteiger partial charge in [-0.15, -0.1) is 0 Å². The van der Waals surface area contributed by atoms with Crippen LogP contribution in [0.25, 0.3) is 10.9 Å². The van der Waals surface area contributed by atoms with Crippen molar-refractivity contribution in [3.05, 3.63) is 92.6 Å². The summed E-state index contributed by atoms with van der Waals surface area (Å²) in [7, 11) is -2.95. The van der Waals surface area contributed by atoms with Crippen molar-refractivity contribution >= 4 is 68.4 Å². The number of halogens is 2. The van der Waals surface area contributed by atoms with Gasteiger partial charge in [0.15, 0.2) is 0 Å². The highest BCUT2D eigenvalue weighted by Crippen LogP contribution is 2.50. The molecule has 1 N–H and O–H groups in total. The molecule has 1 fully saturated rings. The molecule has 182 valence electrons. The minimum absolute atomic E-state index is 0.139. The second-order valence-electron chi connectivity index (χ2n) is 10.6. The molecule has 0 spiro atoms. The lowest BCUT2D eigenvalue weighted by Crippen LogP contribution is -2.66. The molecule has 3 nitrogen and oxygen atoms in total. The number of rotatable bonds is 8. The molecule has 1 aliphatic carbocycles. The predicted molar refractivity (Wildman–Crippen MR) is 159 cm³/mol. The topological polar surface area (TPSA) is 34.2 Å². The Bertz CT molecular complexity index is 1270. The van der Waals surface area contributed by atoms with E-state index in [1.807, 2.05) is 0 Å². The van der Waals surface area contributed by atoms with Crippen molar-refractivity contribution < 1.29 is 8.85 Å². The highest BCUT2D eigenvalue weighted by atomic mass is 127. The quantitative estimate of drug-likeness (QED) is 0.164. The Morgan fingerprint density at radius 3 is 2.09 bits per heavy atom. The summed E-state index contributed by atoms with van der Waals surface area (Å²) in [4.78, 5) is 3.57. The van der Waals surface area contributed by atoms with Gasteiger partial charge in [0, 0.05) is 22.0 Å². The molecule has 1 aliphatic rings. The third-order valence-electron chi connectivity index (χ3n) is 6.66. The van der Waals surface area contributed by atoms with E-state index in [2.05, 4.69) is 143 Å². The minimum Gasteiger partial charge on any atom is -0.387 e. The lowest BCUT2D eigenvalue weighted by molar-refractivity contribution is 0.0678. The summed E-state index contributed by atoms with van der Waals surface area (Å²) in [6.45, 7) is 7.07. The zero-order valence-electron chi connectivity index (χ0n) is 20.4. The van der Waals surface area contributed by atoms with Crippen molar-refractivity contribution in [2.45, 2.75) is 45.6 Å². The average Bonchev–Trinajstić information content (AvgIpc) is 3.55. The van der Waals surface area contributed by atoms with Gasteiger partial charge in [-0.3, -0.25) is 0 Å². The molecular weight excluding hydrogens is 629 g/mol. The van der Waals surface area contributed by atoms with Crippen molar-refractivity contribution in [2.75, 3.05) is 6.61 Å². The van der Waals surface area contributed by atoms with E-state index in [4.69, 9.17) is 8.85 Å².